The molecule has 2 heterocycles. The molecule has 0 aliphatic rings. The average Bonchev–Trinajstić information content (AvgIpc) is 3.16. The van der Waals surface area contributed by atoms with Gasteiger partial charge in [0, 0.05) is 4.47 Å². The highest BCUT2D eigenvalue weighted by Crippen LogP contribution is 2.24. The van der Waals surface area contributed by atoms with Crippen LogP contribution >= 0.6 is 15.9 Å². The minimum absolute atomic E-state index is 0.130. The first kappa shape index (κ1) is 18.3. The summed E-state index contributed by atoms with van der Waals surface area (Å²) < 4.78 is 32.5. The van der Waals surface area contributed by atoms with Gasteiger partial charge in [-0.25, -0.2) is 23.0 Å². The first-order chi connectivity index (χ1) is 13.5. The number of fused-ring (bicyclic) bond motifs is 1. The number of imidazole rings is 1. The summed E-state index contributed by atoms with van der Waals surface area (Å²) in [5.41, 5.74) is 1.24. The molecule has 7 nitrogen and oxygen atoms in total. The molecule has 0 saturated carbocycles. The Morgan fingerprint density at radius 3 is 2.39 bits per heavy atom. The molecular formula is C19H15BrN5O2S+. The summed E-state index contributed by atoms with van der Waals surface area (Å²) in [6, 6.07) is 13.6. The first-order valence-electron chi connectivity index (χ1n) is 8.23. The summed E-state index contributed by atoms with van der Waals surface area (Å²) in [5.74, 6) is 0.494. The van der Waals surface area contributed by atoms with E-state index in [1.165, 1.54) is 12.1 Å². The van der Waals surface area contributed by atoms with Crippen molar-refractivity contribution < 1.29 is 13.0 Å². The van der Waals surface area contributed by atoms with Gasteiger partial charge in [0.2, 0.25) is 5.82 Å². The number of aromatic nitrogens is 4. The number of para-hydroxylation sites is 2. The summed E-state index contributed by atoms with van der Waals surface area (Å²) in [6.45, 7) is 3.71. The first-order valence-corrected chi connectivity index (χ1v) is 10.5. The molecule has 1 N–H and O–H groups in total. The van der Waals surface area contributed by atoms with Crippen molar-refractivity contribution in [3.63, 3.8) is 0 Å². The Bertz CT molecular complexity index is 1280. The number of halogens is 1. The van der Waals surface area contributed by atoms with Crippen LogP contribution < -0.4 is 9.29 Å². The summed E-state index contributed by atoms with van der Waals surface area (Å²) in [6.07, 6.45) is 6.87. The van der Waals surface area contributed by atoms with Gasteiger partial charge in [-0.1, -0.05) is 34.6 Å². The molecule has 2 aromatic heterocycles. The van der Waals surface area contributed by atoms with Crippen LogP contribution in [0.5, 0.6) is 0 Å². The number of sulfonamides is 1. The van der Waals surface area contributed by atoms with Gasteiger partial charge in [0.25, 0.3) is 22.2 Å². The maximum atomic E-state index is 12.9. The van der Waals surface area contributed by atoms with Crippen molar-refractivity contribution >= 4 is 49.0 Å². The predicted octanol–water partition coefficient (Wildman–Crippen LogP) is 3.37. The van der Waals surface area contributed by atoms with Gasteiger partial charge in [-0.05, 0) is 36.4 Å². The Morgan fingerprint density at radius 2 is 1.75 bits per heavy atom. The number of rotatable bonds is 5. The van der Waals surface area contributed by atoms with E-state index in [9.17, 15) is 8.42 Å². The number of hydrogen-bond donors (Lipinski definition) is 1. The summed E-state index contributed by atoms with van der Waals surface area (Å²) in [4.78, 5) is 9.23. The highest BCUT2D eigenvalue weighted by Gasteiger charge is 2.22. The second-order valence-electron chi connectivity index (χ2n) is 5.89. The SMILES string of the molecule is C=C[n+]1ccn(-c2nc3ccccc3nc2NS(=O)(=O)c2ccc(Br)cc2)c1. The minimum Gasteiger partial charge on any atom is -0.258 e. The topological polar surface area (TPSA) is 80.8 Å². The van der Waals surface area contributed by atoms with E-state index in [0.717, 1.165) is 4.47 Å². The van der Waals surface area contributed by atoms with E-state index < -0.39 is 10.0 Å². The van der Waals surface area contributed by atoms with E-state index in [1.807, 2.05) is 18.2 Å². The zero-order valence-electron chi connectivity index (χ0n) is 14.5. The van der Waals surface area contributed by atoms with Crippen molar-refractivity contribution in [2.75, 3.05) is 4.72 Å². The van der Waals surface area contributed by atoms with Gasteiger partial charge in [0.1, 0.15) is 12.4 Å². The summed E-state index contributed by atoms with van der Waals surface area (Å²) >= 11 is 3.31. The number of hydrogen-bond acceptors (Lipinski definition) is 4. The van der Waals surface area contributed by atoms with Crippen LogP contribution in [0.1, 0.15) is 0 Å². The Balaban J connectivity index is 1.85. The number of nitrogens with zero attached hydrogens (tertiary/aromatic N) is 4. The standard InChI is InChI=1S/C19H15BrN5O2S/c1-2-24-11-12-25(13-24)19-18(21-16-5-3-4-6-17(16)22-19)23-28(26,27)15-9-7-14(20)8-10-15/h2-13H,1H2,(H,21,23)/q+1. The third-order valence-electron chi connectivity index (χ3n) is 4.02. The van der Waals surface area contributed by atoms with Gasteiger partial charge in [0.15, 0.2) is 0 Å². The molecule has 4 rings (SSSR count). The van der Waals surface area contributed by atoms with Crippen LogP contribution in [0, 0.1) is 0 Å². The van der Waals surface area contributed by atoms with Crippen molar-refractivity contribution in [2.24, 2.45) is 0 Å². The summed E-state index contributed by atoms with van der Waals surface area (Å²) in [5, 5.41) is 0. The molecule has 28 heavy (non-hydrogen) atoms. The fourth-order valence-corrected chi connectivity index (χ4v) is 3.91. The van der Waals surface area contributed by atoms with Gasteiger partial charge in [-0.2, -0.15) is 4.57 Å². The van der Waals surface area contributed by atoms with Crippen molar-refractivity contribution in [3.05, 3.63) is 78.3 Å². The molecule has 2 aromatic carbocycles. The van der Waals surface area contributed by atoms with Gasteiger partial charge in [-0.3, -0.25) is 4.72 Å². The zero-order chi connectivity index (χ0) is 19.7. The fraction of sp³-hybridized carbons (Fsp3) is 0. The lowest BCUT2D eigenvalue weighted by Crippen LogP contribution is -2.21. The number of anilines is 1. The van der Waals surface area contributed by atoms with Crippen LogP contribution in [0.2, 0.25) is 0 Å². The molecule has 140 valence electrons. The summed E-state index contributed by atoms with van der Waals surface area (Å²) in [7, 11) is -3.84. The van der Waals surface area contributed by atoms with Crippen molar-refractivity contribution in [1.82, 2.24) is 14.5 Å². The average molecular weight is 457 g/mol. The molecule has 0 aliphatic carbocycles. The molecule has 0 spiro atoms. The quantitative estimate of drug-likeness (QED) is 0.466. The van der Waals surface area contributed by atoms with Crippen LogP contribution in [-0.2, 0) is 10.0 Å². The molecule has 0 unspecified atom stereocenters. The lowest BCUT2D eigenvalue weighted by atomic mass is 10.3. The number of nitrogens with one attached hydrogen (secondary N) is 1. The zero-order valence-corrected chi connectivity index (χ0v) is 16.9. The molecule has 0 fully saturated rings. The van der Waals surface area contributed by atoms with Crippen molar-refractivity contribution in [2.45, 2.75) is 4.90 Å². The molecular weight excluding hydrogens is 442 g/mol. The Kier molecular flexibility index (Phi) is 4.70. The third kappa shape index (κ3) is 3.54. The van der Waals surface area contributed by atoms with E-state index in [2.05, 4.69) is 37.2 Å². The Hall–Kier alpha value is -3.04. The van der Waals surface area contributed by atoms with Crippen LogP contribution in [-0.4, -0.2) is 23.0 Å². The van der Waals surface area contributed by atoms with E-state index in [-0.39, 0.29) is 10.7 Å². The Morgan fingerprint density at radius 1 is 1.07 bits per heavy atom. The Labute approximate surface area is 170 Å². The molecule has 4 aromatic rings. The monoisotopic (exact) mass is 456 g/mol. The fourth-order valence-electron chi connectivity index (χ4n) is 2.64. The smallest absolute Gasteiger partial charge is 0.258 e. The van der Waals surface area contributed by atoms with Gasteiger partial charge < -0.3 is 0 Å². The second kappa shape index (κ2) is 7.17. The largest absolute Gasteiger partial charge is 0.270 e. The lowest BCUT2D eigenvalue weighted by molar-refractivity contribution is -0.566. The molecule has 0 saturated heterocycles. The highest BCUT2D eigenvalue weighted by atomic mass is 79.9. The van der Waals surface area contributed by atoms with Gasteiger partial charge >= 0.3 is 0 Å². The highest BCUT2D eigenvalue weighted by molar-refractivity contribution is 9.10. The predicted molar refractivity (Wildman–Crippen MR) is 110 cm³/mol. The van der Waals surface area contributed by atoms with E-state index >= 15 is 0 Å². The molecule has 0 amide bonds. The van der Waals surface area contributed by atoms with Crippen LogP contribution in [0.3, 0.4) is 0 Å². The maximum Gasteiger partial charge on any atom is 0.270 e. The maximum absolute atomic E-state index is 12.9. The van der Waals surface area contributed by atoms with Crippen molar-refractivity contribution in [1.29, 1.82) is 0 Å². The molecule has 0 bridgehead atoms. The molecule has 0 radical (unpaired) electrons. The number of benzene rings is 2. The van der Waals surface area contributed by atoms with Gasteiger partial charge in [0.05, 0.1) is 22.1 Å². The molecule has 0 atom stereocenters. The van der Waals surface area contributed by atoms with Crippen LogP contribution in [0.25, 0.3) is 23.1 Å². The molecule has 9 heteroatoms. The lowest BCUT2D eigenvalue weighted by Gasteiger charge is -2.10. The third-order valence-corrected chi connectivity index (χ3v) is 5.90. The minimum atomic E-state index is -3.84. The van der Waals surface area contributed by atoms with Crippen LogP contribution in [0.15, 0.2) is 83.2 Å². The molecule has 0 aliphatic heterocycles. The van der Waals surface area contributed by atoms with E-state index in [4.69, 9.17) is 0 Å². The van der Waals surface area contributed by atoms with Crippen molar-refractivity contribution in [3.8, 4) is 5.82 Å². The van der Waals surface area contributed by atoms with E-state index in [0.29, 0.717) is 16.9 Å². The van der Waals surface area contributed by atoms with E-state index in [1.54, 1.807) is 52.3 Å². The second-order valence-corrected chi connectivity index (χ2v) is 8.49. The normalized spacial score (nSPS) is 11.5. The van der Waals surface area contributed by atoms with Gasteiger partial charge in [-0.15, -0.1) is 0 Å². The van der Waals surface area contributed by atoms with Crippen LogP contribution in [0.4, 0.5) is 5.82 Å².